The highest BCUT2D eigenvalue weighted by Crippen LogP contribution is 2.28. The third-order valence-corrected chi connectivity index (χ3v) is 3.60. The molecule has 19 heavy (non-hydrogen) atoms. The van der Waals surface area contributed by atoms with Gasteiger partial charge in [0.15, 0.2) is 0 Å². The molecule has 4 heteroatoms. The molecule has 0 heterocycles. The van der Waals surface area contributed by atoms with Crippen molar-refractivity contribution in [2.75, 3.05) is 0 Å². The molecule has 0 bridgehead atoms. The summed E-state index contributed by atoms with van der Waals surface area (Å²) in [5, 5.41) is 12.6. The zero-order chi connectivity index (χ0) is 14.5. The number of ether oxygens (including phenoxy) is 1. The number of nitrogens with one attached hydrogen (secondary N) is 1. The van der Waals surface area contributed by atoms with Gasteiger partial charge in [-0.3, -0.25) is 0 Å². The summed E-state index contributed by atoms with van der Waals surface area (Å²) in [6.45, 7) is 7.24. The second-order valence-electron chi connectivity index (χ2n) is 6.73. The Balaban J connectivity index is 2.45. The average Bonchev–Trinajstić information content (AvgIpc) is 2.26. The van der Waals surface area contributed by atoms with Crippen LogP contribution in [0.3, 0.4) is 0 Å². The molecular formula is C15H29NO3. The Bertz CT molecular complexity index is 278. The summed E-state index contributed by atoms with van der Waals surface area (Å²) in [5.41, 5.74) is -0.502. The van der Waals surface area contributed by atoms with E-state index in [1.165, 1.54) is 32.1 Å². The first kappa shape index (κ1) is 16.3. The van der Waals surface area contributed by atoms with E-state index in [0.29, 0.717) is 5.92 Å². The van der Waals surface area contributed by atoms with Gasteiger partial charge in [0.05, 0.1) is 12.1 Å². The van der Waals surface area contributed by atoms with Crippen molar-refractivity contribution in [1.82, 2.24) is 5.32 Å². The summed E-state index contributed by atoms with van der Waals surface area (Å²) in [6.07, 6.45) is 6.13. The number of aliphatic hydroxyl groups excluding tert-OH is 1. The lowest BCUT2D eigenvalue weighted by Gasteiger charge is -2.29. The molecule has 1 aliphatic rings. The smallest absolute Gasteiger partial charge is 0.407 e. The highest BCUT2D eigenvalue weighted by molar-refractivity contribution is 5.68. The molecule has 0 aromatic heterocycles. The summed E-state index contributed by atoms with van der Waals surface area (Å²) in [7, 11) is 0. The van der Waals surface area contributed by atoms with Gasteiger partial charge in [0.2, 0.25) is 0 Å². The zero-order valence-electron chi connectivity index (χ0n) is 12.7. The van der Waals surface area contributed by atoms with Gasteiger partial charge >= 0.3 is 6.09 Å². The quantitative estimate of drug-likeness (QED) is 0.825. The van der Waals surface area contributed by atoms with Crippen LogP contribution in [-0.2, 0) is 4.74 Å². The van der Waals surface area contributed by atoms with Crippen molar-refractivity contribution < 1.29 is 14.6 Å². The minimum Gasteiger partial charge on any atom is -0.444 e. The van der Waals surface area contributed by atoms with Gasteiger partial charge in [0.25, 0.3) is 0 Å². The molecule has 1 fully saturated rings. The number of aliphatic hydroxyl groups is 1. The fraction of sp³-hybridized carbons (Fsp3) is 0.933. The third-order valence-electron chi connectivity index (χ3n) is 3.60. The van der Waals surface area contributed by atoms with Gasteiger partial charge in [-0.25, -0.2) is 4.79 Å². The molecule has 4 nitrogen and oxygen atoms in total. The van der Waals surface area contributed by atoms with E-state index in [9.17, 15) is 9.90 Å². The van der Waals surface area contributed by atoms with Crippen molar-refractivity contribution >= 4 is 6.09 Å². The molecule has 1 amide bonds. The SMILES string of the molecule is C[C@@H](O)[C@@H](CC1CCCCC1)NC(=O)OC(C)(C)C. The number of amides is 1. The lowest BCUT2D eigenvalue weighted by Crippen LogP contribution is -2.45. The molecule has 2 N–H and O–H groups in total. The van der Waals surface area contributed by atoms with Crippen molar-refractivity contribution in [1.29, 1.82) is 0 Å². The van der Waals surface area contributed by atoms with Gasteiger partial charge in [-0.15, -0.1) is 0 Å². The first-order valence-electron chi connectivity index (χ1n) is 7.45. The van der Waals surface area contributed by atoms with Gasteiger partial charge in [0.1, 0.15) is 5.60 Å². The Morgan fingerprint density at radius 1 is 1.32 bits per heavy atom. The van der Waals surface area contributed by atoms with Gasteiger partial charge in [0, 0.05) is 0 Å². The monoisotopic (exact) mass is 271 g/mol. The maximum absolute atomic E-state index is 11.8. The molecule has 1 aliphatic carbocycles. The molecule has 0 aliphatic heterocycles. The summed E-state index contributed by atoms with van der Waals surface area (Å²) < 4.78 is 5.25. The fourth-order valence-corrected chi connectivity index (χ4v) is 2.62. The van der Waals surface area contributed by atoms with E-state index in [1.807, 2.05) is 20.8 Å². The molecule has 2 atom stereocenters. The molecule has 0 aromatic rings. The second-order valence-corrected chi connectivity index (χ2v) is 6.73. The van der Waals surface area contributed by atoms with Gasteiger partial charge in [-0.05, 0) is 40.0 Å². The Morgan fingerprint density at radius 2 is 1.89 bits per heavy atom. The molecular weight excluding hydrogens is 242 g/mol. The van der Waals surface area contributed by atoms with E-state index in [4.69, 9.17) is 4.74 Å². The van der Waals surface area contributed by atoms with Crippen molar-refractivity contribution in [3.8, 4) is 0 Å². The molecule has 0 saturated heterocycles. The van der Waals surface area contributed by atoms with Gasteiger partial charge in [-0.2, -0.15) is 0 Å². The minimum absolute atomic E-state index is 0.210. The van der Waals surface area contributed by atoms with Crippen LogP contribution in [0.1, 0.15) is 66.2 Å². The number of hydrogen-bond donors (Lipinski definition) is 2. The van der Waals surface area contributed by atoms with Crippen molar-refractivity contribution in [3.63, 3.8) is 0 Å². The van der Waals surface area contributed by atoms with Crippen LogP contribution in [0.15, 0.2) is 0 Å². The Morgan fingerprint density at radius 3 is 2.37 bits per heavy atom. The van der Waals surface area contributed by atoms with Crippen molar-refractivity contribution in [2.24, 2.45) is 5.92 Å². The number of rotatable bonds is 4. The molecule has 0 radical (unpaired) electrons. The maximum Gasteiger partial charge on any atom is 0.407 e. The Labute approximate surface area is 116 Å². The predicted molar refractivity (Wildman–Crippen MR) is 76.0 cm³/mol. The molecule has 112 valence electrons. The largest absolute Gasteiger partial charge is 0.444 e. The molecule has 0 unspecified atom stereocenters. The van der Waals surface area contributed by atoms with Crippen LogP contribution in [-0.4, -0.2) is 28.9 Å². The van der Waals surface area contributed by atoms with Gasteiger partial charge < -0.3 is 15.2 Å². The fourth-order valence-electron chi connectivity index (χ4n) is 2.62. The molecule has 0 aromatic carbocycles. The van der Waals surface area contributed by atoms with Gasteiger partial charge in [-0.1, -0.05) is 32.1 Å². The van der Waals surface area contributed by atoms with Crippen LogP contribution < -0.4 is 5.32 Å². The van der Waals surface area contributed by atoms with Crippen LogP contribution in [0.2, 0.25) is 0 Å². The van der Waals surface area contributed by atoms with E-state index in [1.54, 1.807) is 6.92 Å². The summed E-state index contributed by atoms with van der Waals surface area (Å²) in [5.74, 6) is 0.614. The maximum atomic E-state index is 11.8. The van der Waals surface area contributed by atoms with E-state index < -0.39 is 17.8 Å². The van der Waals surface area contributed by atoms with E-state index in [-0.39, 0.29) is 6.04 Å². The lowest BCUT2D eigenvalue weighted by molar-refractivity contribution is 0.0411. The second kappa shape index (κ2) is 7.13. The lowest BCUT2D eigenvalue weighted by atomic mass is 9.84. The molecule has 0 spiro atoms. The minimum atomic E-state index is -0.547. The third kappa shape index (κ3) is 6.81. The van der Waals surface area contributed by atoms with Crippen LogP contribution >= 0.6 is 0 Å². The Hall–Kier alpha value is -0.770. The van der Waals surface area contributed by atoms with Crippen LogP contribution in [0.4, 0.5) is 4.79 Å². The number of carbonyl (C=O) groups is 1. The van der Waals surface area contributed by atoms with E-state index in [2.05, 4.69) is 5.32 Å². The number of carbonyl (C=O) groups excluding carboxylic acids is 1. The van der Waals surface area contributed by atoms with Crippen LogP contribution in [0.5, 0.6) is 0 Å². The first-order valence-corrected chi connectivity index (χ1v) is 7.45. The summed E-state index contributed by atoms with van der Waals surface area (Å²) in [6, 6.07) is -0.210. The highest BCUT2D eigenvalue weighted by Gasteiger charge is 2.25. The van der Waals surface area contributed by atoms with Crippen LogP contribution in [0, 0.1) is 5.92 Å². The standard InChI is InChI=1S/C15H29NO3/c1-11(17)13(10-12-8-6-5-7-9-12)16-14(18)19-15(2,3)4/h11-13,17H,5-10H2,1-4H3,(H,16,18)/t11-,13-/m1/s1. The van der Waals surface area contributed by atoms with E-state index in [0.717, 1.165) is 6.42 Å². The van der Waals surface area contributed by atoms with Crippen LogP contribution in [0.25, 0.3) is 0 Å². The number of alkyl carbamates (subject to hydrolysis) is 1. The average molecular weight is 271 g/mol. The topological polar surface area (TPSA) is 58.6 Å². The zero-order valence-corrected chi connectivity index (χ0v) is 12.7. The van der Waals surface area contributed by atoms with E-state index >= 15 is 0 Å². The van der Waals surface area contributed by atoms with Crippen molar-refractivity contribution in [2.45, 2.75) is 84.0 Å². The van der Waals surface area contributed by atoms with Crippen molar-refractivity contribution in [3.05, 3.63) is 0 Å². The molecule has 1 rings (SSSR count). The predicted octanol–water partition coefficient (Wildman–Crippen LogP) is 3.23. The normalized spacial score (nSPS) is 20.7. The number of hydrogen-bond acceptors (Lipinski definition) is 3. The summed E-state index contributed by atoms with van der Waals surface area (Å²) >= 11 is 0. The molecule has 1 saturated carbocycles. The Kier molecular flexibility index (Phi) is 6.11. The highest BCUT2D eigenvalue weighted by atomic mass is 16.6. The summed E-state index contributed by atoms with van der Waals surface area (Å²) in [4.78, 5) is 11.8. The first-order chi connectivity index (χ1) is 8.78.